The summed E-state index contributed by atoms with van der Waals surface area (Å²) < 4.78 is 7.99. The van der Waals surface area contributed by atoms with E-state index in [1.165, 1.54) is 6.42 Å². The van der Waals surface area contributed by atoms with Crippen molar-refractivity contribution in [3.05, 3.63) is 77.8 Å². The van der Waals surface area contributed by atoms with Gasteiger partial charge in [0, 0.05) is 35.2 Å². The quantitative estimate of drug-likeness (QED) is 0.361. The molecule has 1 aliphatic rings. The van der Waals surface area contributed by atoms with Crippen molar-refractivity contribution in [1.29, 1.82) is 0 Å². The molecule has 6 heteroatoms. The molecule has 0 radical (unpaired) electrons. The first-order valence-electron chi connectivity index (χ1n) is 11.9. The van der Waals surface area contributed by atoms with Crippen LogP contribution >= 0.6 is 0 Å². The predicted molar refractivity (Wildman–Crippen MR) is 134 cm³/mol. The van der Waals surface area contributed by atoms with Crippen molar-refractivity contribution < 1.29 is 9.21 Å². The van der Waals surface area contributed by atoms with E-state index in [1.54, 1.807) is 6.26 Å². The van der Waals surface area contributed by atoms with E-state index in [9.17, 15) is 4.79 Å². The Balaban J connectivity index is 1.28. The molecule has 0 atom stereocenters. The third kappa shape index (κ3) is 3.65. The minimum atomic E-state index is -0.0732. The number of aromatic nitrogens is 3. The predicted octanol–water partition coefficient (Wildman–Crippen LogP) is 6.06. The number of hydrogen-bond acceptors (Lipinski definition) is 4. The van der Waals surface area contributed by atoms with Gasteiger partial charge in [-0.25, -0.2) is 0 Å². The van der Waals surface area contributed by atoms with Gasteiger partial charge in [-0.15, -0.1) is 10.2 Å². The van der Waals surface area contributed by atoms with E-state index in [-0.39, 0.29) is 12.3 Å². The van der Waals surface area contributed by atoms with Crippen LogP contribution in [0.2, 0.25) is 0 Å². The molecular formula is C28H26N4O2. The van der Waals surface area contributed by atoms with Crippen molar-refractivity contribution in [2.24, 2.45) is 0 Å². The Morgan fingerprint density at radius 1 is 1.06 bits per heavy atom. The van der Waals surface area contributed by atoms with Crippen molar-refractivity contribution in [3.8, 4) is 11.4 Å². The third-order valence-corrected chi connectivity index (χ3v) is 6.77. The molecule has 5 aromatic rings. The second-order valence-electron chi connectivity index (χ2n) is 9.08. The molecule has 1 N–H and O–H groups in total. The molecule has 0 fully saturated rings. The molecule has 34 heavy (non-hydrogen) atoms. The van der Waals surface area contributed by atoms with Crippen LogP contribution in [0, 0.1) is 6.92 Å². The van der Waals surface area contributed by atoms with Gasteiger partial charge in [0.15, 0.2) is 5.82 Å². The highest BCUT2D eigenvalue weighted by Crippen LogP contribution is 2.31. The molecule has 1 aliphatic heterocycles. The van der Waals surface area contributed by atoms with Gasteiger partial charge in [0.2, 0.25) is 5.91 Å². The zero-order valence-corrected chi connectivity index (χ0v) is 19.2. The van der Waals surface area contributed by atoms with Crippen molar-refractivity contribution in [1.82, 2.24) is 14.8 Å². The largest absolute Gasteiger partial charge is 0.464 e. The summed E-state index contributed by atoms with van der Waals surface area (Å²) in [6, 6.07) is 18.3. The van der Waals surface area contributed by atoms with E-state index in [1.807, 2.05) is 43.3 Å². The van der Waals surface area contributed by atoms with Gasteiger partial charge in [-0.1, -0.05) is 48.9 Å². The van der Waals surface area contributed by atoms with E-state index in [0.717, 1.165) is 81.6 Å². The summed E-state index contributed by atoms with van der Waals surface area (Å²) in [5.74, 6) is 1.85. The Labute approximate surface area is 197 Å². The lowest BCUT2D eigenvalue weighted by Crippen LogP contribution is -2.15. The van der Waals surface area contributed by atoms with Crippen LogP contribution in [0.25, 0.3) is 33.1 Å². The first kappa shape index (κ1) is 20.7. The van der Waals surface area contributed by atoms with Gasteiger partial charge in [0.1, 0.15) is 11.4 Å². The lowest BCUT2D eigenvalue weighted by atomic mass is 10.0. The van der Waals surface area contributed by atoms with E-state index < -0.39 is 0 Å². The van der Waals surface area contributed by atoms with Gasteiger partial charge in [0.25, 0.3) is 0 Å². The van der Waals surface area contributed by atoms with E-state index in [0.29, 0.717) is 0 Å². The van der Waals surface area contributed by atoms with Gasteiger partial charge >= 0.3 is 0 Å². The second kappa shape index (κ2) is 8.45. The van der Waals surface area contributed by atoms with Gasteiger partial charge in [-0.3, -0.25) is 4.79 Å². The molecule has 6 nitrogen and oxygen atoms in total. The molecule has 6 rings (SSSR count). The molecule has 0 saturated heterocycles. The fourth-order valence-corrected chi connectivity index (χ4v) is 4.97. The standard InChI is InChI=1S/C28H26N4O2/c1-18-10-11-20(28-31-30-25-9-3-2-6-14-32(25)28)15-23(18)29-26(33)16-21-17-34-24-13-12-19-7-4-5-8-22(19)27(21)24/h4-5,7-8,10-13,15,17H,2-3,6,9,14,16H2,1H3,(H,29,33). The van der Waals surface area contributed by atoms with Crippen molar-refractivity contribution in [3.63, 3.8) is 0 Å². The number of nitrogens with one attached hydrogen (secondary N) is 1. The van der Waals surface area contributed by atoms with Crippen molar-refractivity contribution >= 4 is 33.3 Å². The van der Waals surface area contributed by atoms with Crippen molar-refractivity contribution in [2.45, 2.75) is 45.6 Å². The highest BCUT2D eigenvalue weighted by Gasteiger charge is 2.18. The number of aryl methyl sites for hydroxylation is 2. The maximum Gasteiger partial charge on any atom is 0.228 e. The molecule has 0 bridgehead atoms. The highest BCUT2D eigenvalue weighted by atomic mass is 16.3. The molecule has 170 valence electrons. The van der Waals surface area contributed by atoms with Gasteiger partial charge < -0.3 is 14.3 Å². The summed E-state index contributed by atoms with van der Waals surface area (Å²) >= 11 is 0. The number of carbonyl (C=O) groups is 1. The first-order chi connectivity index (χ1) is 16.7. The van der Waals surface area contributed by atoms with E-state index in [2.05, 4.69) is 38.3 Å². The normalized spacial score (nSPS) is 13.7. The lowest BCUT2D eigenvalue weighted by molar-refractivity contribution is -0.115. The summed E-state index contributed by atoms with van der Waals surface area (Å²) in [6.45, 7) is 2.94. The molecule has 0 spiro atoms. The molecule has 3 heterocycles. The minimum absolute atomic E-state index is 0.0732. The Bertz CT molecular complexity index is 1530. The number of amides is 1. The van der Waals surface area contributed by atoms with Crippen LogP contribution in [-0.2, 0) is 24.2 Å². The van der Waals surface area contributed by atoms with Crippen LogP contribution in [0.4, 0.5) is 5.69 Å². The lowest BCUT2D eigenvalue weighted by Gasteiger charge is -2.12. The second-order valence-corrected chi connectivity index (χ2v) is 9.08. The van der Waals surface area contributed by atoms with Crippen LogP contribution in [0.5, 0.6) is 0 Å². The number of rotatable bonds is 4. The molecule has 3 aromatic carbocycles. The molecule has 0 saturated carbocycles. The summed E-state index contributed by atoms with van der Waals surface area (Å²) in [5, 5.41) is 15.3. The number of carbonyl (C=O) groups excluding carboxylic acids is 1. The smallest absolute Gasteiger partial charge is 0.228 e. The number of fused-ring (bicyclic) bond motifs is 4. The fraction of sp³-hybridized carbons (Fsp3) is 0.250. The zero-order chi connectivity index (χ0) is 23.1. The van der Waals surface area contributed by atoms with E-state index >= 15 is 0 Å². The SMILES string of the molecule is Cc1ccc(-c2nnc3n2CCCCC3)cc1NC(=O)Cc1coc2ccc3ccccc3c12. The third-order valence-electron chi connectivity index (χ3n) is 6.77. The number of benzene rings is 3. The molecule has 0 unspecified atom stereocenters. The van der Waals surface area contributed by atoms with Crippen LogP contribution in [0.1, 0.15) is 36.2 Å². The average molecular weight is 451 g/mol. The van der Waals surface area contributed by atoms with E-state index in [4.69, 9.17) is 4.42 Å². The Kier molecular flexibility index (Phi) is 5.13. The van der Waals surface area contributed by atoms with Crippen LogP contribution in [0.3, 0.4) is 0 Å². The van der Waals surface area contributed by atoms with Gasteiger partial charge in [-0.05, 0) is 48.2 Å². The summed E-state index contributed by atoms with van der Waals surface area (Å²) in [6.07, 6.45) is 6.42. The number of anilines is 1. The minimum Gasteiger partial charge on any atom is -0.464 e. The average Bonchev–Trinajstić information content (AvgIpc) is 3.37. The maximum absolute atomic E-state index is 13.1. The highest BCUT2D eigenvalue weighted by molar-refractivity contribution is 6.09. The Morgan fingerprint density at radius 2 is 1.97 bits per heavy atom. The monoisotopic (exact) mass is 450 g/mol. The maximum atomic E-state index is 13.1. The summed E-state index contributed by atoms with van der Waals surface area (Å²) in [4.78, 5) is 13.1. The van der Waals surface area contributed by atoms with Crippen LogP contribution < -0.4 is 5.32 Å². The molecule has 1 amide bonds. The Hall–Kier alpha value is -3.93. The number of furan rings is 1. The Morgan fingerprint density at radius 3 is 2.91 bits per heavy atom. The molecular weight excluding hydrogens is 424 g/mol. The van der Waals surface area contributed by atoms with Gasteiger partial charge in [-0.2, -0.15) is 0 Å². The summed E-state index contributed by atoms with van der Waals surface area (Å²) in [7, 11) is 0. The van der Waals surface area contributed by atoms with Gasteiger partial charge in [0.05, 0.1) is 12.7 Å². The number of nitrogens with zero attached hydrogens (tertiary/aromatic N) is 3. The zero-order valence-electron chi connectivity index (χ0n) is 19.2. The fourth-order valence-electron chi connectivity index (χ4n) is 4.97. The molecule has 0 aliphatic carbocycles. The number of hydrogen-bond donors (Lipinski definition) is 1. The van der Waals surface area contributed by atoms with Crippen LogP contribution in [-0.4, -0.2) is 20.7 Å². The topological polar surface area (TPSA) is 73.0 Å². The summed E-state index contributed by atoms with van der Waals surface area (Å²) in [5.41, 5.74) is 4.47. The first-order valence-corrected chi connectivity index (χ1v) is 11.9. The van der Waals surface area contributed by atoms with Crippen molar-refractivity contribution in [2.75, 3.05) is 5.32 Å². The molecule has 2 aromatic heterocycles. The van der Waals surface area contributed by atoms with Crippen LogP contribution in [0.15, 0.2) is 65.3 Å².